The van der Waals surface area contributed by atoms with Gasteiger partial charge in [0.2, 0.25) is 0 Å². The summed E-state index contributed by atoms with van der Waals surface area (Å²) in [6.07, 6.45) is 2.61. The first-order chi connectivity index (χ1) is 7.38. The molecule has 0 amide bonds. The van der Waals surface area contributed by atoms with E-state index >= 15 is 0 Å². The van der Waals surface area contributed by atoms with Crippen LogP contribution in [0.2, 0.25) is 0 Å². The molecule has 0 atom stereocenters. The maximum atomic E-state index is 10.5. The largest absolute Gasteiger partial charge is 0.298 e. The van der Waals surface area contributed by atoms with E-state index in [1.54, 1.807) is 30.1 Å². The Kier molecular flexibility index (Phi) is 3.15. The van der Waals surface area contributed by atoms with E-state index in [0.29, 0.717) is 5.56 Å². The second-order valence-corrected chi connectivity index (χ2v) is 4.05. The van der Waals surface area contributed by atoms with E-state index in [1.165, 1.54) is 0 Å². The van der Waals surface area contributed by atoms with Crippen molar-refractivity contribution < 1.29 is 4.79 Å². The van der Waals surface area contributed by atoms with Crippen LogP contribution in [0.5, 0.6) is 0 Å². The molecular weight excluding hydrogens is 206 g/mol. The zero-order chi connectivity index (χ0) is 10.5. The molecule has 1 heterocycles. The fraction of sp³-hybridized carbons (Fsp3) is 0. The highest BCUT2D eigenvalue weighted by Crippen LogP contribution is 2.25. The Labute approximate surface area is 92.4 Å². The zero-order valence-electron chi connectivity index (χ0n) is 7.96. The minimum atomic E-state index is 0.695. The van der Waals surface area contributed by atoms with Crippen LogP contribution in [0.3, 0.4) is 0 Å². The van der Waals surface area contributed by atoms with Gasteiger partial charge in [0.25, 0.3) is 0 Å². The van der Waals surface area contributed by atoms with Gasteiger partial charge in [-0.1, -0.05) is 30.0 Å². The van der Waals surface area contributed by atoms with Gasteiger partial charge in [0, 0.05) is 16.7 Å². The summed E-state index contributed by atoms with van der Waals surface area (Å²) in [5.41, 5.74) is 0.695. The first kappa shape index (κ1) is 9.93. The third-order valence-electron chi connectivity index (χ3n) is 1.88. The number of aldehydes is 1. The molecule has 0 bridgehead atoms. The van der Waals surface area contributed by atoms with Gasteiger partial charge in [0.05, 0.1) is 0 Å². The highest BCUT2D eigenvalue weighted by Gasteiger charge is 1.97. The molecule has 2 rings (SSSR count). The van der Waals surface area contributed by atoms with E-state index in [0.717, 1.165) is 16.2 Å². The number of nitrogens with zero attached hydrogens (tertiary/aromatic N) is 1. The highest BCUT2D eigenvalue weighted by molar-refractivity contribution is 7.99. The van der Waals surface area contributed by atoms with E-state index in [2.05, 4.69) is 4.98 Å². The molecule has 0 unspecified atom stereocenters. The van der Waals surface area contributed by atoms with E-state index in [4.69, 9.17) is 0 Å². The van der Waals surface area contributed by atoms with Crippen LogP contribution in [0.1, 0.15) is 10.4 Å². The second-order valence-electron chi connectivity index (χ2n) is 2.96. The van der Waals surface area contributed by atoms with Crippen LogP contribution < -0.4 is 0 Å². The number of benzene rings is 1. The molecule has 0 aliphatic carbocycles. The number of carbonyl (C=O) groups excluding carboxylic acids is 1. The van der Waals surface area contributed by atoms with Crippen molar-refractivity contribution in [2.45, 2.75) is 9.92 Å². The average Bonchev–Trinajstić information content (AvgIpc) is 2.31. The zero-order valence-corrected chi connectivity index (χ0v) is 8.78. The fourth-order valence-corrected chi connectivity index (χ4v) is 1.92. The number of pyridine rings is 1. The molecule has 1 aromatic heterocycles. The molecule has 0 saturated carbocycles. The van der Waals surface area contributed by atoms with Crippen LogP contribution in [0.25, 0.3) is 0 Å². The maximum absolute atomic E-state index is 10.5. The Morgan fingerprint density at radius 3 is 2.47 bits per heavy atom. The average molecular weight is 215 g/mol. The number of hydrogen-bond acceptors (Lipinski definition) is 3. The molecule has 0 aliphatic heterocycles. The second kappa shape index (κ2) is 4.75. The third kappa shape index (κ3) is 2.67. The molecule has 2 aromatic rings. The summed E-state index contributed by atoms with van der Waals surface area (Å²) in [6, 6.07) is 13.2. The molecule has 0 spiro atoms. The van der Waals surface area contributed by atoms with Gasteiger partial charge in [-0.3, -0.25) is 4.79 Å². The van der Waals surface area contributed by atoms with Crippen LogP contribution in [-0.2, 0) is 0 Å². The van der Waals surface area contributed by atoms with Gasteiger partial charge in [-0.2, -0.15) is 0 Å². The summed E-state index contributed by atoms with van der Waals surface area (Å²) in [6.45, 7) is 0. The van der Waals surface area contributed by atoms with E-state index in [-0.39, 0.29) is 0 Å². The summed E-state index contributed by atoms with van der Waals surface area (Å²) < 4.78 is 0. The van der Waals surface area contributed by atoms with Crippen molar-refractivity contribution in [3.8, 4) is 0 Å². The predicted octanol–water partition coefficient (Wildman–Crippen LogP) is 3.05. The summed E-state index contributed by atoms with van der Waals surface area (Å²) >= 11 is 1.58. The van der Waals surface area contributed by atoms with Crippen LogP contribution in [0.15, 0.2) is 58.6 Å². The van der Waals surface area contributed by atoms with Gasteiger partial charge in [0.15, 0.2) is 0 Å². The Morgan fingerprint density at radius 1 is 1.07 bits per heavy atom. The normalized spacial score (nSPS) is 9.87. The molecule has 15 heavy (non-hydrogen) atoms. The van der Waals surface area contributed by atoms with Crippen molar-refractivity contribution in [2.75, 3.05) is 0 Å². The molecule has 0 N–H and O–H groups in total. The molecule has 0 aliphatic rings. The van der Waals surface area contributed by atoms with Crippen molar-refractivity contribution in [3.63, 3.8) is 0 Å². The third-order valence-corrected chi connectivity index (χ3v) is 2.83. The van der Waals surface area contributed by atoms with Gasteiger partial charge in [0.1, 0.15) is 11.3 Å². The van der Waals surface area contributed by atoms with Crippen LogP contribution in [0.4, 0.5) is 0 Å². The molecule has 0 fully saturated rings. The SMILES string of the molecule is O=Cc1ccc(Sc2ccccn2)cc1. The molecule has 0 saturated heterocycles. The minimum absolute atomic E-state index is 0.695. The Bertz CT molecular complexity index is 439. The Hall–Kier alpha value is -1.61. The molecule has 1 aromatic carbocycles. The summed E-state index contributed by atoms with van der Waals surface area (Å²) in [5.74, 6) is 0. The first-order valence-corrected chi connectivity index (χ1v) is 5.34. The topological polar surface area (TPSA) is 30.0 Å². The van der Waals surface area contributed by atoms with Crippen molar-refractivity contribution in [3.05, 3.63) is 54.2 Å². The van der Waals surface area contributed by atoms with Gasteiger partial charge in [-0.05, 0) is 24.3 Å². The summed E-state index contributed by atoms with van der Waals surface area (Å²) in [4.78, 5) is 15.7. The quantitative estimate of drug-likeness (QED) is 0.737. The lowest BCUT2D eigenvalue weighted by Gasteiger charge is -1.99. The standard InChI is InChI=1S/C12H9NOS/c14-9-10-4-6-11(7-5-10)15-12-3-1-2-8-13-12/h1-9H. The lowest BCUT2D eigenvalue weighted by Crippen LogP contribution is -1.80. The number of hydrogen-bond donors (Lipinski definition) is 0. The number of rotatable bonds is 3. The van der Waals surface area contributed by atoms with Crippen molar-refractivity contribution in [2.24, 2.45) is 0 Å². The monoisotopic (exact) mass is 215 g/mol. The summed E-state index contributed by atoms with van der Waals surface area (Å²) in [7, 11) is 0. The molecule has 3 heteroatoms. The van der Waals surface area contributed by atoms with Gasteiger partial charge in [-0.15, -0.1) is 0 Å². The maximum Gasteiger partial charge on any atom is 0.150 e. The van der Waals surface area contributed by atoms with E-state index in [1.807, 2.05) is 30.3 Å². The van der Waals surface area contributed by atoms with E-state index < -0.39 is 0 Å². The van der Waals surface area contributed by atoms with Crippen LogP contribution >= 0.6 is 11.8 Å². The van der Waals surface area contributed by atoms with Gasteiger partial charge in [-0.25, -0.2) is 4.98 Å². The lowest BCUT2D eigenvalue weighted by molar-refractivity contribution is 0.112. The van der Waals surface area contributed by atoms with Crippen molar-refractivity contribution in [1.82, 2.24) is 4.98 Å². The summed E-state index contributed by atoms with van der Waals surface area (Å²) in [5, 5.41) is 0.955. The minimum Gasteiger partial charge on any atom is -0.298 e. The van der Waals surface area contributed by atoms with E-state index in [9.17, 15) is 4.79 Å². The van der Waals surface area contributed by atoms with Gasteiger partial charge >= 0.3 is 0 Å². The number of aromatic nitrogens is 1. The van der Waals surface area contributed by atoms with Crippen molar-refractivity contribution >= 4 is 18.0 Å². The molecular formula is C12H9NOS. The van der Waals surface area contributed by atoms with Gasteiger partial charge < -0.3 is 0 Å². The molecule has 74 valence electrons. The Balaban J connectivity index is 2.15. The first-order valence-electron chi connectivity index (χ1n) is 4.52. The fourth-order valence-electron chi connectivity index (χ4n) is 1.14. The predicted molar refractivity (Wildman–Crippen MR) is 60.2 cm³/mol. The molecule has 2 nitrogen and oxygen atoms in total. The molecule has 0 radical (unpaired) electrons. The van der Waals surface area contributed by atoms with Crippen LogP contribution in [0, 0.1) is 0 Å². The number of carbonyl (C=O) groups is 1. The smallest absolute Gasteiger partial charge is 0.150 e. The van der Waals surface area contributed by atoms with Crippen LogP contribution in [-0.4, -0.2) is 11.3 Å². The highest BCUT2D eigenvalue weighted by atomic mass is 32.2. The van der Waals surface area contributed by atoms with Crippen molar-refractivity contribution in [1.29, 1.82) is 0 Å². The Morgan fingerprint density at radius 2 is 1.87 bits per heavy atom. The lowest BCUT2D eigenvalue weighted by atomic mass is 10.2.